The summed E-state index contributed by atoms with van der Waals surface area (Å²) in [6, 6.07) is 0.992. The van der Waals surface area contributed by atoms with E-state index < -0.39 is 29.2 Å². The average molecular weight is 545 g/mol. The second kappa shape index (κ2) is 9.34. The smallest absolute Gasteiger partial charge is 0.416 e. The maximum Gasteiger partial charge on any atom is 0.416 e. The Labute approximate surface area is 213 Å². The molecule has 5 rings (SSSR count). The van der Waals surface area contributed by atoms with Crippen LogP contribution in [0.4, 0.5) is 38.3 Å². The van der Waals surface area contributed by atoms with Crippen LogP contribution >= 0.6 is 0 Å². The van der Waals surface area contributed by atoms with E-state index in [1.165, 1.54) is 4.68 Å². The lowest BCUT2D eigenvalue weighted by Gasteiger charge is -2.37. The van der Waals surface area contributed by atoms with E-state index in [1.54, 1.807) is 20.8 Å². The van der Waals surface area contributed by atoms with E-state index >= 15 is 0 Å². The summed E-state index contributed by atoms with van der Waals surface area (Å²) < 4.78 is 91.8. The highest BCUT2D eigenvalue weighted by Crippen LogP contribution is 2.41. The van der Waals surface area contributed by atoms with Gasteiger partial charge in [-0.2, -0.15) is 36.3 Å². The molecule has 1 saturated heterocycles. The number of anilines is 2. The zero-order valence-electron chi connectivity index (χ0n) is 20.6. The summed E-state index contributed by atoms with van der Waals surface area (Å²) in [5.74, 6) is 0.520. The number of alkyl halides is 6. The first-order valence-electron chi connectivity index (χ1n) is 12.0. The lowest BCUT2D eigenvalue weighted by atomic mass is 9.92. The Bertz CT molecular complexity index is 1260. The topological polar surface area (TPSA) is 94.1 Å². The first-order valence-corrected chi connectivity index (χ1v) is 12.0. The summed E-state index contributed by atoms with van der Waals surface area (Å²) in [5, 5.41) is 11.6. The molecule has 0 spiro atoms. The number of ether oxygens (including phenoxy) is 1. The monoisotopic (exact) mass is 545 g/mol. The first kappa shape index (κ1) is 26.1. The maximum absolute atomic E-state index is 13.3. The molecule has 3 aromatic rings. The molecule has 15 heteroatoms. The van der Waals surface area contributed by atoms with Crippen LogP contribution in [0.15, 0.2) is 22.7 Å². The number of nitrogens with one attached hydrogen (secondary N) is 1. The largest absolute Gasteiger partial charge is 0.424 e. The van der Waals surface area contributed by atoms with Crippen LogP contribution in [0.1, 0.15) is 49.7 Å². The second-order valence-corrected chi connectivity index (χ2v) is 9.90. The molecule has 2 aliphatic rings. The predicted molar refractivity (Wildman–Crippen MR) is 122 cm³/mol. The fourth-order valence-electron chi connectivity index (χ4n) is 5.04. The molecule has 206 valence electrons. The van der Waals surface area contributed by atoms with Crippen LogP contribution in [0.5, 0.6) is 11.8 Å². The third-order valence-corrected chi connectivity index (χ3v) is 6.78. The van der Waals surface area contributed by atoms with Gasteiger partial charge >= 0.3 is 24.4 Å². The van der Waals surface area contributed by atoms with Gasteiger partial charge in [0.2, 0.25) is 5.95 Å². The summed E-state index contributed by atoms with van der Waals surface area (Å²) in [4.78, 5) is 10.6. The zero-order chi connectivity index (χ0) is 27.4. The zero-order valence-corrected chi connectivity index (χ0v) is 20.6. The Morgan fingerprint density at radius 2 is 1.58 bits per heavy atom. The Morgan fingerprint density at radius 3 is 2.08 bits per heavy atom. The Kier molecular flexibility index (Phi) is 6.42. The van der Waals surface area contributed by atoms with Gasteiger partial charge in [-0.05, 0) is 63.6 Å². The third kappa shape index (κ3) is 5.23. The van der Waals surface area contributed by atoms with Gasteiger partial charge in [0.05, 0.1) is 17.2 Å². The van der Waals surface area contributed by atoms with E-state index in [1.807, 2.05) is 4.90 Å². The number of rotatable bonds is 6. The van der Waals surface area contributed by atoms with Gasteiger partial charge in [-0.1, -0.05) is 5.16 Å². The lowest BCUT2D eigenvalue weighted by Crippen LogP contribution is -2.48. The molecule has 0 radical (unpaired) electrons. The van der Waals surface area contributed by atoms with Crippen LogP contribution in [-0.4, -0.2) is 44.0 Å². The number of benzene rings is 1. The molecule has 1 N–H and O–H groups in total. The molecule has 1 saturated carbocycles. The molecule has 3 atom stereocenters. The third-order valence-electron chi connectivity index (χ3n) is 6.78. The Balaban J connectivity index is 1.38. The van der Waals surface area contributed by atoms with Gasteiger partial charge in [-0.15, -0.1) is 5.10 Å². The van der Waals surface area contributed by atoms with Crippen molar-refractivity contribution < 1.29 is 35.6 Å². The summed E-state index contributed by atoms with van der Waals surface area (Å²) in [7, 11) is 0. The number of aromatic nitrogens is 5. The van der Waals surface area contributed by atoms with Gasteiger partial charge in [0.25, 0.3) is 0 Å². The van der Waals surface area contributed by atoms with Crippen LogP contribution < -0.4 is 15.0 Å². The molecule has 3 heterocycles. The standard InChI is InChI=1S/C23H25F6N7O2/c1-11(2)36-21(37-17-7-15(22(24,25)26)6-16(8-17)23(27,28)29)32-19(33-36)31-18-13-4-5-14(18)10-35(9-13)20-30-12(3)34-38-20/h6-8,11,13-14,18H,4-5,9-10H2,1-3H3,(H,31,33)/t13-,14+,18?. The van der Waals surface area contributed by atoms with Gasteiger partial charge in [0.15, 0.2) is 5.82 Å². The number of aryl methyl sites for hydroxylation is 1. The lowest BCUT2D eigenvalue weighted by molar-refractivity contribution is -0.143. The van der Waals surface area contributed by atoms with Crippen molar-refractivity contribution in [3.05, 3.63) is 35.2 Å². The van der Waals surface area contributed by atoms with Crippen LogP contribution in [0.3, 0.4) is 0 Å². The fraction of sp³-hybridized carbons (Fsp3) is 0.565. The van der Waals surface area contributed by atoms with Crippen LogP contribution in [0.2, 0.25) is 0 Å². The van der Waals surface area contributed by atoms with E-state index in [0.29, 0.717) is 37.1 Å². The molecular formula is C23H25F6N7O2. The molecule has 2 bridgehead atoms. The Hall–Kier alpha value is -3.52. The van der Waals surface area contributed by atoms with Crippen molar-refractivity contribution in [2.45, 2.75) is 58.0 Å². The van der Waals surface area contributed by atoms with Crippen molar-refractivity contribution in [3.63, 3.8) is 0 Å². The van der Waals surface area contributed by atoms with Gasteiger partial charge in [-0.25, -0.2) is 4.68 Å². The van der Waals surface area contributed by atoms with Gasteiger partial charge in [0, 0.05) is 19.1 Å². The highest BCUT2D eigenvalue weighted by molar-refractivity contribution is 5.40. The summed E-state index contributed by atoms with van der Waals surface area (Å²) in [6.07, 6.45) is -8.09. The van der Waals surface area contributed by atoms with Crippen LogP contribution in [0.25, 0.3) is 0 Å². The van der Waals surface area contributed by atoms with Crippen LogP contribution in [0, 0.1) is 18.8 Å². The van der Waals surface area contributed by atoms with E-state index in [-0.39, 0.29) is 41.9 Å². The normalized spacial score (nSPS) is 21.8. The Morgan fingerprint density at radius 1 is 0.974 bits per heavy atom. The quantitative estimate of drug-likeness (QED) is 0.394. The van der Waals surface area contributed by atoms with E-state index in [2.05, 4.69) is 25.5 Å². The fourth-order valence-corrected chi connectivity index (χ4v) is 5.04. The predicted octanol–water partition coefficient (Wildman–Crippen LogP) is 5.71. The van der Waals surface area contributed by atoms with Gasteiger partial charge in [0.1, 0.15) is 5.75 Å². The molecule has 1 aliphatic heterocycles. The molecule has 1 aromatic carbocycles. The minimum Gasteiger partial charge on any atom is -0.424 e. The minimum atomic E-state index is -4.99. The van der Waals surface area contributed by atoms with Gasteiger partial charge in [-0.3, -0.25) is 0 Å². The maximum atomic E-state index is 13.3. The molecule has 38 heavy (non-hydrogen) atoms. The number of piperidine rings is 1. The SMILES string of the molecule is Cc1noc(N2C[C@H]3CC[C@@H](C2)C3Nc2nc(Oc3cc(C(F)(F)F)cc(C(F)(F)F)c3)n(C(C)C)n2)n1. The summed E-state index contributed by atoms with van der Waals surface area (Å²) >= 11 is 0. The average Bonchev–Trinajstić information content (AvgIpc) is 3.48. The molecule has 9 nitrogen and oxygen atoms in total. The molecule has 2 aromatic heterocycles. The molecule has 2 fully saturated rings. The van der Waals surface area contributed by atoms with Crippen molar-refractivity contribution >= 4 is 12.0 Å². The van der Waals surface area contributed by atoms with E-state index in [9.17, 15) is 26.3 Å². The number of hydrogen-bond acceptors (Lipinski definition) is 8. The highest BCUT2D eigenvalue weighted by Gasteiger charge is 2.44. The molecule has 1 unspecified atom stereocenters. The van der Waals surface area contributed by atoms with Crippen LogP contribution in [-0.2, 0) is 12.4 Å². The van der Waals surface area contributed by atoms with E-state index in [0.717, 1.165) is 12.8 Å². The minimum absolute atomic E-state index is 0.0107. The van der Waals surface area contributed by atoms with Gasteiger partial charge < -0.3 is 19.5 Å². The van der Waals surface area contributed by atoms with Crippen molar-refractivity contribution in [2.75, 3.05) is 23.3 Å². The number of hydrogen-bond donors (Lipinski definition) is 1. The van der Waals surface area contributed by atoms with E-state index in [4.69, 9.17) is 9.26 Å². The van der Waals surface area contributed by atoms with Crippen molar-refractivity contribution in [1.82, 2.24) is 24.9 Å². The summed E-state index contributed by atoms with van der Waals surface area (Å²) in [5.41, 5.74) is -2.95. The van der Waals surface area contributed by atoms with Crippen molar-refractivity contribution in [1.29, 1.82) is 0 Å². The highest BCUT2D eigenvalue weighted by atomic mass is 19.4. The number of fused-ring (bicyclic) bond motifs is 2. The second-order valence-electron chi connectivity index (χ2n) is 9.90. The van der Waals surface area contributed by atoms with Crippen molar-refractivity contribution in [2.24, 2.45) is 11.8 Å². The first-order chi connectivity index (χ1) is 17.8. The molecular weight excluding hydrogens is 520 g/mol. The number of nitrogens with zero attached hydrogens (tertiary/aromatic N) is 6. The number of halogens is 6. The summed E-state index contributed by atoms with van der Waals surface area (Å²) in [6.45, 7) is 6.58. The van der Waals surface area contributed by atoms with Crippen molar-refractivity contribution in [3.8, 4) is 11.8 Å². The molecule has 0 amide bonds. The molecule has 1 aliphatic carbocycles.